The van der Waals surface area contributed by atoms with Gasteiger partial charge in [0.25, 0.3) is 0 Å². The SMILES string of the molecule is Cc1nc(-c2cc(N)ccc2O)n[nH]1. The van der Waals surface area contributed by atoms with Crippen molar-refractivity contribution < 1.29 is 5.11 Å². The Morgan fingerprint density at radius 2 is 2.21 bits per heavy atom. The third-order valence-corrected chi connectivity index (χ3v) is 1.86. The number of anilines is 1. The number of phenolic OH excluding ortho intramolecular Hbond substituents is 1. The summed E-state index contributed by atoms with van der Waals surface area (Å²) in [5.41, 5.74) is 6.70. The zero-order chi connectivity index (χ0) is 10.1. The van der Waals surface area contributed by atoms with E-state index in [4.69, 9.17) is 5.73 Å². The van der Waals surface area contributed by atoms with Crippen LogP contribution in [-0.2, 0) is 0 Å². The molecule has 0 unspecified atom stereocenters. The van der Waals surface area contributed by atoms with Crippen molar-refractivity contribution in [2.45, 2.75) is 6.92 Å². The van der Waals surface area contributed by atoms with Crippen LogP contribution in [0, 0.1) is 6.92 Å². The molecule has 1 aromatic heterocycles. The second-order valence-electron chi connectivity index (χ2n) is 3.02. The summed E-state index contributed by atoms with van der Waals surface area (Å²) in [6.07, 6.45) is 0. The highest BCUT2D eigenvalue weighted by Gasteiger charge is 2.08. The van der Waals surface area contributed by atoms with Crippen molar-refractivity contribution in [3.63, 3.8) is 0 Å². The maximum Gasteiger partial charge on any atom is 0.184 e. The summed E-state index contributed by atoms with van der Waals surface area (Å²) in [4.78, 5) is 4.10. The largest absolute Gasteiger partial charge is 0.507 e. The number of nitrogens with two attached hydrogens (primary N) is 1. The van der Waals surface area contributed by atoms with E-state index in [1.54, 1.807) is 19.1 Å². The highest BCUT2D eigenvalue weighted by Crippen LogP contribution is 2.27. The second-order valence-corrected chi connectivity index (χ2v) is 3.02. The summed E-state index contributed by atoms with van der Waals surface area (Å²) < 4.78 is 0. The average Bonchev–Trinajstić information content (AvgIpc) is 2.56. The number of aromatic amines is 1. The first kappa shape index (κ1) is 8.55. The molecular formula is C9H10N4O. The molecule has 4 N–H and O–H groups in total. The van der Waals surface area contributed by atoms with Crippen LogP contribution >= 0.6 is 0 Å². The fourth-order valence-corrected chi connectivity index (χ4v) is 1.20. The highest BCUT2D eigenvalue weighted by atomic mass is 16.3. The molecule has 1 aromatic carbocycles. The maximum atomic E-state index is 9.55. The van der Waals surface area contributed by atoms with Crippen LogP contribution in [0.2, 0.25) is 0 Å². The molecular weight excluding hydrogens is 180 g/mol. The Bertz CT molecular complexity index is 464. The molecule has 0 saturated carbocycles. The van der Waals surface area contributed by atoms with E-state index in [-0.39, 0.29) is 5.75 Å². The van der Waals surface area contributed by atoms with Crippen molar-refractivity contribution in [3.05, 3.63) is 24.0 Å². The number of aryl methyl sites for hydroxylation is 1. The minimum atomic E-state index is 0.123. The van der Waals surface area contributed by atoms with Crippen molar-refractivity contribution in [1.29, 1.82) is 0 Å². The van der Waals surface area contributed by atoms with Crippen molar-refractivity contribution in [2.75, 3.05) is 5.73 Å². The third kappa shape index (κ3) is 1.39. The van der Waals surface area contributed by atoms with E-state index in [9.17, 15) is 5.11 Å². The number of aromatic hydroxyl groups is 1. The number of hydrogen-bond donors (Lipinski definition) is 3. The zero-order valence-electron chi connectivity index (χ0n) is 7.65. The van der Waals surface area contributed by atoms with Crippen LogP contribution in [0.25, 0.3) is 11.4 Å². The summed E-state index contributed by atoms with van der Waals surface area (Å²) in [6.45, 7) is 1.79. The lowest BCUT2D eigenvalue weighted by molar-refractivity contribution is 0.477. The van der Waals surface area contributed by atoms with Crippen molar-refractivity contribution in [1.82, 2.24) is 15.2 Å². The molecule has 1 heterocycles. The van der Waals surface area contributed by atoms with Gasteiger partial charge in [0.2, 0.25) is 0 Å². The predicted molar refractivity (Wildman–Crippen MR) is 52.6 cm³/mol. The maximum absolute atomic E-state index is 9.55. The summed E-state index contributed by atoms with van der Waals surface area (Å²) >= 11 is 0. The Kier molecular flexibility index (Phi) is 1.85. The first-order valence-corrected chi connectivity index (χ1v) is 4.14. The van der Waals surface area contributed by atoms with Gasteiger partial charge in [0.05, 0.1) is 5.56 Å². The Morgan fingerprint density at radius 3 is 2.86 bits per heavy atom. The molecule has 5 heteroatoms. The van der Waals surface area contributed by atoms with Crippen LogP contribution in [-0.4, -0.2) is 20.3 Å². The molecule has 0 saturated heterocycles. The Hall–Kier alpha value is -2.04. The molecule has 5 nitrogen and oxygen atoms in total. The molecule has 14 heavy (non-hydrogen) atoms. The Labute approximate surface area is 80.6 Å². The molecule has 0 aliphatic carbocycles. The standard InChI is InChI=1S/C9H10N4O/c1-5-11-9(13-12-5)7-4-6(10)2-3-8(7)14/h2-4,14H,10H2,1H3,(H,11,12,13). The number of hydrogen-bond acceptors (Lipinski definition) is 4. The van der Waals surface area contributed by atoms with Gasteiger partial charge < -0.3 is 10.8 Å². The smallest absolute Gasteiger partial charge is 0.184 e. The summed E-state index contributed by atoms with van der Waals surface area (Å²) in [5.74, 6) is 1.27. The van der Waals surface area contributed by atoms with Crippen LogP contribution in [0.4, 0.5) is 5.69 Å². The normalized spacial score (nSPS) is 10.4. The lowest BCUT2D eigenvalue weighted by atomic mass is 10.1. The molecule has 0 aliphatic heterocycles. The monoisotopic (exact) mass is 190 g/mol. The number of nitrogens with zero attached hydrogens (tertiary/aromatic N) is 2. The van der Waals surface area contributed by atoms with Crippen molar-refractivity contribution >= 4 is 5.69 Å². The number of rotatable bonds is 1. The van der Waals surface area contributed by atoms with E-state index >= 15 is 0 Å². The van der Waals surface area contributed by atoms with Crippen LogP contribution < -0.4 is 5.73 Å². The minimum Gasteiger partial charge on any atom is -0.507 e. The lowest BCUT2D eigenvalue weighted by Gasteiger charge is -2.00. The van der Waals surface area contributed by atoms with E-state index in [0.717, 1.165) is 0 Å². The fraction of sp³-hybridized carbons (Fsp3) is 0.111. The molecule has 0 radical (unpaired) electrons. The minimum absolute atomic E-state index is 0.123. The quantitative estimate of drug-likeness (QED) is 0.463. The topological polar surface area (TPSA) is 87.8 Å². The summed E-state index contributed by atoms with van der Waals surface area (Å²) in [5, 5.41) is 16.2. The highest BCUT2D eigenvalue weighted by molar-refractivity contribution is 5.68. The average molecular weight is 190 g/mol. The van der Waals surface area contributed by atoms with Crippen molar-refractivity contribution in [2.24, 2.45) is 0 Å². The second kappa shape index (κ2) is 3.02. The first-order chi connectivity index (χ1) is 6.66. The van der Waals surface area contributed by atoms with Crippen molar-refractivity contribution in [3.8, 4) is 17.1 Å². The predicted octanol–water partition coefficient (Wildman–Crippen LogP) is 1.07. The zero-order valence-corrected chi connectivity index (χ0v) is 7.65. The van der Waals surface area contributed by atoms with Gasteiger partial charge in [-0.1, -0.05) is 0 Å². The molecule has 0 spiro atoms. The molecule has 0 fully saturated rings. The van der Waals surface area contributed by atoms with E-state index in [1.807, 2.05) is 0 Å². The number of nitrogen functional groups attached to an aromatic ring is 1. The number of H-pyrrole nitrogens is 1. The van der Waals surface area contributed by atoms with Gasteiger partial charge in [-0.25, -0.2) is 4.98 Å². The van der Waals surface area contributed by atoms with E-state index in [0.29, 0.717) is 22.9 Å². The molecule has 2 aromatic rings. The first-order valence-electron chi connectivity index (χ1n) is 4.14. The van der Waals surface area contributed by atoms with Gasteiger partial charge in [0, 0.05) is 5.69 Å². The van der Waals surface area contributed by atoms with Gasteiger partial charge >= 0.3 is 0 Å². The molecule has 0 aliphatic rings. The molecule has 0 atom stereocenters. The van der Waals surface area contributed by atoms with Gasteiger partial charge in [-0.05, 0) is 25.1 Å². The van der Waals surface area contributed by atoms with E-state index in [2.05, 4.69) is 15.2 Å². The van der Waals surface area contributed by atoms with Crippen LogP contribution in [0.15, 0.2) is 18.2 Å². The number of phenols is 1. The molecule has 0 bridgehead atoms. The van der Waals surface area contributed by atoms with Crippen LogP contribution in [0.1, 0.15) is 5.82 Å². The number of nitrogens with one attached hydrogen (secondary N) is 1. The van der Waals surface area contributed by atoms with Crippen LogP contribution in [0.5, 0.6) is 5.75 Å². The van der Waals surface area contributed by atoms with Gasteiger partial charge in [-0.2, -0.15) is 5.10 Å². The molecule has 2 rings (SSSR count). The summed E-state index contributed by atoms with van der Waals surface area (Å²) in [7, 11) is 0. The lowest BCUT2D eigenvalue weighted by Crippen LogP contribution is -1.87. The van der Waals surface area contributed by atoms with Gasteiger partial charge in [-0.15, -0.1) is 0 Å². The molecule has 72 valence electrons. The number of benzene rings is 1. The molecule has 0 amide bonds. The van der Waals surface area contributed by atoms with Gasteiger partial charge in [-0.3, -0.25) is 5.10 Å². The fourth-order valence-electron chi connectivity index (χ4n) is 1.20. The third-order valence-electron chi connectivity index (χ3n) is 1.86. The van der Waals surface area contributed by atoms with E-state index < -0.39 is 0 Å². The van der Waals surface area contributed by atoms with E-state index in [1.165, 1.54) is 6.07 Å². The Balaban J connectivity index is 2.55. The summed E-state index contributed by atoms with van der Waals surface area (Å²) in [6, 6.07) is 4.78. The number of aromatic nitrogens is 3. The van der Waals surface area contributed by atoms with Crippen LogP contribution in [0.3, 0.4) is 0 Å². The Morgan fingerprint density at radius 1 is 1.43 bits per heavy atom. The van der Waals surface area contributed by atoms with Gasteiger partial charge in [0.15, 0.2) is 5.82 Å². The van der Waals surface area contributed by atoms with Gasteiger partial charge in [0.1, 0.15) is 11.6 Å².